The van der Waals surface area contributed by atoms with Crippen LogP contribution in [0.1, 0.15) is 51.4 Å². The van der Waals surface area contributed by atoms with Gasteiger partial charge in [-0.2, -0.15) is 8.78 Å². The van der Waals surface area contributed by atoms with E-state index in [0.29, 0.717) is 25.7 Å². The SMILES string of the molecule is O=C(OC1C(C2(O)CCCC2)C1C1(O)CCCC1)C(F)(F)S(=O)(=O)[O-]. The minimum atomic E-state index is -6.21. The Bertz CT molecular complexity index is 623. The molecular weight excluding hydrogens is 362 g/mol. The molecule has 0 aliphatic heterocycles. The monoisotopic (exact) mass is 383 g/mol. The highest BCUT2D eigenvalue weighted by Crippen LogP contribution is 2.61. The second-order valence-electron chi connectivity index (χ2n) is 7.51. The summed E-state index contributed by atoms with van der Waals surface area (Å²) in [5.41, 5.74) is -2.47. The molecule has 3 aliphatic carbocycles. The first kappa shape index (κ1) is 18.9. The van der Waals surface area contributed by atoms with Gasteiger partial charge in [-0.1, -0.05) is 25.7 Å². The summed E-state index contributed by atoms with van der Waals surface area (Å²) < 4.78 is 63.2. The maximum atomic E-state index is 13.4. The molecule has 0 aromatic rings. The number of rotatable bonds is 5. The molecule has 3 fully saturated rings. The predicted octanol–water partition coefficient (Wildman–Crippen LogP) is 0.892. The summed E-state index contributed by atoms with van der Waals surface area (Å²) >= 11 is 0. The molecule has 0 radical (unpaired) electrons. The fourth-order valence-electron chi connectivity index (χ4n) is 4.65. The van der Waals surface area contributed by atoms with Crippen molar-refractivity contribution in [1.29, 1.82) is 0 Å². The molecule has 3 saturated carbocycles. The number of halogens is 2. The maximum Gasteiger partial charge on any atom is 0.428 e. The van der Waals surface area contributed by atoms with Crippen molar-refractivity contribution >= 4 is 16.1 Å². The van der Waals surface area contributed by atoms with E-state index in [-0.39, 0.29) is 0 Å². The molecule has 2 N–H and O–H groups in total. The van der Waals surface area contributed by atoms with Gasteiger partial charge in [0.2, 0.25) is 0 Å². The lowest BCUT2D eigenvalue weighted by Gasteiger charge is -2.26. The van der Waals surface area contributed by atoms with E-state index in [0.717, 1.165) is 25.7 Å². The van der Waals surface area contributed by atoms with Gasteiger partial charge in [-0.05, 0) is 25.7 Å². The first-order valence-corrected chi connectivity index (χ1v) is 9.82. The molecule has 3 rings (SSSR count). The van der Waals surface area contributed by atoms with Gasteiger partial charge in [0.25, 0.3) is 0 Å². The molecule has 2 atom stereocenters. The summed E-state index contributed by atoms with van der Waals surface area (Å²) in [4.78, 5) is 11.6. The van der Waals surface area contributed by atoms with E-state index in [4.69, 9.17) is 0 Å². The normalized spacial score (nSPS) is 34.0. The van der Waals surface area contributed by atoms with Crippen molar-refractivity contribution in [3.05, 3.63) is 0 Å². The van der Waals surface area contributed by atoms with Gasteiger partial charge in [0.05, 0.1) is 11.2 Å². The highest BCUT2D eigenvalue weighted by molar-refractivity contribution is 7.87. The third kappa shape index (κ3) is 3.07. The standard InChI is InChI=1S/C15H22F2O7S/c16-15(17,25(21,22)23)12(18)24-11-9(13(19)5-1-2-6-13)10(11)14(20)7-3-4-8-14/h9-11,19-20H,1-8H2,(H,21,22,23)/p-1. The molecule has 0 bridgehead atoms. The molecule has 0 aromatic heterocycles. The lowest BCUT2D eigenvalue weighted by atomic mass is 9.87. The smallest absolute Gasteiger partial charge is 0.428 e. The van der Waals surface area contributed by atoms with Crippen LogP contribution in [0, 0.1) is 11.8 Å². The number of aliphatic hydroxyl groups is 2. The molecule has 144 valence electrons. The number of ether oxygens (including phenoxy) is 1. The molecule has 0 aromatic carbocycles. The fraction of sp³-hybridized carbons (Fsp3) is 0.933. The van der Waals surface area contributed by atoms with Gasteiger partial charge in [0.15, 0.2) is 10.1 Å². The van der Waals surface area contributed by atoms with Crippen LogP contribution >= 0.6 is 0 Å². The fourth-order valence-corrected chi connectivity index (χ4v) is 4.90. The minimum absolute atomic E-state index is 0.397. The second kappa shape index (κ2) is 5.83. The highest BCUT2D eigenvalue weighted by Gasteiger charge is 2.71. The Morgan fingerprint density at radius 2 is 1.36 bits per heavy atom. The van der Waals surface area contributed by atoms with Crippen LogP contribution < -0.4 is 0 Å². The largest absolute Gasteiger partial charge is 0.743 e. The summed E-state index contributed by atoms with van der Waals surface area (Å²) in [6.07, 6.45) is 3.28. The van der Waals surface area contributed by atoms with Crippen LogP contribution in [0.25, 0.3) is 0 Å². The Kier molecular flexibility index (Phi) is 4.42. The first-order valence-electron chi connectivity index (χ1n) is 8.41. The van der Waals surface area contributed by atoms with E-state index >= 15 is 0 Å². The van der Waals surface area contributed by atoms with Crippen molar-refractivity contribution in [2.45, 2.75) is 73.9 Å². The van der Waals surface area contributed by atoms with Crippen molar-refractivity contribution in [2.24, 2.45) is 11.8 Å². The first-order chi connectivity index (χ1) is 11.4. The van der Waals surface area contributed by atoms with Crippen LogP contribution in [0.3, 0.4) is 0 Å². The Morgan fingerprint density at radius 1 is 1.00 bits per heavy atom. The molecule has 0 spiro atoms. The lowest BCUT2D eigenvalue weighted by Crippen LogP contribution is -2.40. The maximum absolute atomic E-state index is 13.4. The number of esters is 1. The van der Waals surface area contributed by atoms with E-state index in [1.54, 1.807) is 0 Å². The highest BCUT2D eigenvalue weighted by atomic mass is 32.2. The zero-order valence-corrected chi connectivity index (χ0v) is 14.3. The van der Waals surface area contributed by atoms with Gasteiger partial charge in [-0.25, -0.2) is 13.2 Å². The second-order valence-corrected chi connectivity index (χ2v) is 8.93. The Labute approximate surface area is 144 Å². The van der Waals surface area contributed by atoms with Gasteiger partial charge < -0.3 is 19.5 Å². The third-order valence-electron chi connectivity index (χ3n) is 5.93. The average molecular weight is 383 g/mol. The Balaban J connectivity index is 1.82. The molecular formula is C15H21F2O7S-. The number of carbonyl (C=O) groups excluding carboxylic acids is 1. The predicted molar refractivity (Wildman–Crippen MR) is 78.3 cm³/mol. The number of carbonyl (C=O) groups is 1. The minimum Gasteiger partial charge on any atom is -0.743 e. The van der Waals surface area contributed by atoms with E-state index in [9.17, 15) is 36.8 Å². The van der Waals surface area contributed by atoms with E-state index < -0.39 is 50.5 Å². The summed E-state index contributed by atoms with van der Waals surface area (Å²) in [7, 11) is -6.21. The molecule has 25 heavy (non-hydrogen) atoms. The van der Waals surface area contributed by atoms with Crippen LogP contribution in [0.5, 0.6) is 0 Å². The van der Waals surface area contributed by atoms with Crippen LogP contribution in [-0.4, -0.2) is 51.7 Å². The average Bonchev–Trinajstić information content (AvgIpc) is 2.83. The molecule has 2 unspecified atom stereocenters. The van der Waals surface area contributed by atoms with Gasteiger partial charge >= 0.3 is 11.2 Å². The number of hydrogen-bond donors (Lipinski definition) is 2. The van der Waals surface area contributed by atoms with Crippen molar-refractivity contribution in [1.82, 2.24) is 0 Å². The molecule has 7 nitrogen and oxygen atoms in total. The van der Waals surface area contributed by atoms with Gasteiger partial charge in [-0.15, -0.1) is 0 Å². The molecule has 0 heterocycles. The quantitative estimate of drug-likeness (QED) is 0.534. The summed E-state index contributed by atoms with van der Waals surface area (Å²) in [5, 5.41) is 16.3. The van der Waals surface area contributed by atoms with Crippen molar-refractivity contribution in [3.63, 3.8) is 0 Å². The van der Waals surface area contributed by atoms with E-state index in [1.807, 2.05) is 0 Å². The van der Waals surface area contributed by atoms with Crippen LogP contribution in [0.2, 0.25) is 0 Å². The Hall–Kier alpha value is -0.840. The number of hydrogen-bond acceptors (Lipinski definition) is 7. The zero-order valence-electron chi connectivity index (χ0n) is 13.5. The summed E-state index contributed by atoms with van der Waals surface area (Å²) in [5.74, 6) is -3.90. The topological polar surface area (TPSA) is 124 Å². The van der Waals surface area contributed by atoms with Crippen LogP contribution in [0.4, 0.5) is 8.78 Å². The van der Waals surface area contributed by atoms with Crippen molar-refractivity contribution in [3.8, 4) is 0 Å². The lowest BCUT2D eigenvalue weighted by molar-refractivity contribution is -0.165. The molecule has 10 heteroatoms. The molecule has 3 aliphatic rings. The van der Waals surface area contributed by atoms with Crippen molar-refractivity contribution < 1.29 is 41.5 Å². The van der Waals surface area contributed by atoms with Gasteiger partial charge in [-0.3, -0.25) is 0 Å². The summed E-state index contributed by atoms with van der Waals surface area (Å²) in [6, 6.07) is 0. The Morgan fingerprint density at radius 3 is 1.68 bits per heavy atom. The van der Waals surface area contributed by atoms with Crippen molar-refractivity contribution in [2.75, 3.05) is 0 Å². The van der Waals surface area contributed by atoms with Crippen LogP contribution in [0.15, 0.2) is 0 Å². The van der Waals surface area contributed by atoms with Gasteiger partial charge in [0, 0.05) is 11.8 Å². The third-order valence-corrected chi connectivity index (χ3v) is 6.72. The zero-order chi connectivity index (χ0) is 18.7. The number of alkyl halides is 2. The van der Waals surface area contributed by atoms with E-state index in [2.05, 4.69) is 4.74 Å². The van der Waals surface area contributed by atoms with Gasteiger partial charge in [0.1, 0.15) is 6.10 Å². The van der Waals surface area contributed by atoms with Crippen LogP contribution in [-0.2, 0) is 19.6 Å². The summed E-state index contributed by atoms with van der Waals surface area (Å²) in [6.45, 7) is 0. The van der Waals surface area contributed by atoms with E-state index in [1.165, 1.54) is 0 Å². The molecule has 0 amide bonds. The molecule has 0 saturated heterocycles.